The highest BCUT2D eigenvalue weighted by atomic mass is 32.2. The Morgan fingerprint density at radius 1 is 1.03 bits per heavy atom. The standard InChI is InChI=1S/C27H38FN3O4S/c1-6-21(4)29-27(33)25(7-2)30(19-22-12-9-8-11-20(22)3)26(32)13-10-18-31(36(5,34)35)24-16-14-23(28)15-17-24/h8-9,11-12,14-17,21,25H,6-7,10,13,18-19H2,1-5H3,(H,29,33)/t21-,25+/m1/s1. The summed E-state index contributed by atoms with van der Waals surface area (Å²) in [7, 11) is -3.63. The summed E-state index contributed by atoms with van der Waals surface area (Å²) in [6, 6.07) is 12.3. The lowest BCUT2D eigenvalue weighted by Crippen LogP contribution is -2.50. The summed E-state index contributed by atoms with van der Waals surface area (Å²) < 4.78 is 39.2. The van der Waals surface area contributed by atoms with Crippen LogP contribution in [-0.4, -0.2) is 50.0 Å². The fraction of sp³-hybridized carbons (Fsp3) is 0.481. The first-order valence-corrected chi connectivity index (χ1v) is 14.2. The highest BCUT2D eigenvalue weighted by Gasteiger charge is 2.29. The first-order valence-electron chi connectivity index (χ1n) is 12.4. The van der Waals surface area contributed by atoms with Gasteiger partial charge < -0.3 is 10.2 Å². The highest BCUT2D eigenvalue weighted by Crippen LogP contribution is 2.20. The maximum absolute atomic E-state index is 13.5. The van der Waals surface area contributed by atoms with Crippen LogP contribution in [0, 0.1) is 12.7 Å². The van der Waals surface area contributed by atoms with Gasteiger partial charge in [-0.05, 0) is 68.5 Å². The van der Waals surface area contributed by atoms with Gasteiger partial charge in [0.05, 0.1) is 11.9 Å². The lowest BCUT2D eigenvalue weighted by atomic mass is 10.0. The number of sulfonamides is 1. The molecular formula is C27H38FN3O4S. The molecule has 198 valence electrons. The smallest absolute Gasteiger partial charge is 0.243 e. The lowest BCUT2D eigenvalue weighted by molar-refractivity contribution is -0.141. The van der Waals surface area contributed by atoms with E-state index < -0.39 is 21.9 Å². The van der Waals surface area contributed by atoms with Gasteiger partial charge in [0.15, 0.2) is 0 Å². The number of carbonyl (C=O) groups excluding carboxylic acids is 2. The van der Waals surface area contributed by atoms with Crippen LogP contribution in [-0.2, 0) is 26.2 Å². The maximum atomic E-state index is 13.5. The van der Waals surface area contributed by atoms with Crippen molar-refractivity contribution in [3.05, 3.63) is 65.5 Å². The average molecular weight is 520 g/mol. The lowest BCUT2D eigenvalue weighted by Gasteiger charge is -2.32. The molecule has 2 aromatic rings. The minimum Gasteiger partial charge on any atom is -0.352 e. The molecule has 0 aliphatic carbocycles. The second-order valence-electron chi connectivity index (χ2n) is 9.11. The molecule has 36 heavy (non-hydrogen) atoms. The largest absolute Gasteiger partial charge is 0.352 e. The summed E-state index contributed by atoms with van der Waals surface area (Å²) in [4.78, 5) is 28.1. The Morgan fingerprint density at radius 3 is 2.22 bits per heavy atom. The molecule has 7 nitrogen and oxygen atoms in total. The van der Waals surface area contributed by atoms with Crippen molar-refractivity contribution in [2.45, 2.75) is 72.0 Å². The van der Waals surface area contributed by atoms with Crippen LogP contribution < -0.4 is 9.62 Å². The second kappa shape index (κ2) is 13.4. The van der Waals surface area contributed by atoms with Crippen molar-refractivity contribution in [2.24, 2.45) is 0 Å². The van der Waals surface area contributed by atoms with E-state index in [2.05, 4.69) is 5.32 Å². The van der Waals surface area contributed by atoms with E-state index >= 15 is 0 Å². The molecule has 0 saturated carbocycles. The van der Waals surface area contributed by atoms with E-state index in [0.717, 1.165) is 23.8 Å². The van der Waals surface area contributed by atoms with Crippen molar-refractivity contribution in [1.29, 1.82) is 0 Å². The Labute approximate surface area is 214 Å². The molecule has 0 saturated heterocycles. The van der Waals surface area contributed by atoms with Crippen LogP contribution in [0.3, 0.4) is 0 Å². The number of anilines is 1. The van der Waals surface area contributed by atoms with Gasteiger partial charge in [-0.2, -0.15) is 0 Å². The number of aryl methyl sites for hydroxylation is 1. The number of benzene rings is 2. The summed E-state index contributed by atoms with van der Waals surface area (Å²) in [5.74, 6) is -0.884. The second-order valence-corrected chi connectivity index (χ2v) is 11.0. The van der Waals surface area contributed by atoms with Crippen molar-refractivity contribution >= 4 is 27.5 Å². The third kappa shape index (κ3) is 8.33. The molecule has 2 atom stereocenters. The minimum absolute atomic E-state index is 0.0130. The van der Waals surface area contributed by atoms with Gasteiger partial charge in [0, 0.05) is 25.6 Å². The fourth-order valence-electron chi connectivity index (χ4n) is 3.94. The number of nitrogens with one attached hydrogen (secondary N) is 1. The minimum atomic E-state index is -3.63. The van der Waals surface area contributed by atoms with E-state index in [1.54, 1.807) is 4.90 Å². The number of nitrogens with zero attached hydrogens (tertiary/aromatic N) is 2. The van der Waals surface area contributed by atoms with E-state index in [-0.39, 0.29) is 43.8 Å². The fourth-order valence-corrected chi connectivity index (χ4v) is 4.91. The molecule has 2 amide bonds. The van der Waals surface area contributed by atoms with Crippen molar-refractivity contribution in [2.75, 3.05) is 17.1 Å². The van der Waals surface area contributed by atoms with Gasteiger partial charge >= 0.3 is 0 Å². The van der Waals surface area contributed by atoms with Crippen LogP contribution in [0.5, 0.6) is 0 Å². The molecule has 0 spiro atoms. The van der Waals surface area contributed by atoms with Gasteiger partial charge in [0.2, 0.25) is 21.8 Å². The number of hydrogen-bond donors (Lipinski definition) is 1. The molecule has 0 aliphatic rings. The van der Waals surface area contributed by atoms with Gasteiger partial charge in [-0.25, -0.2) is 12.8 Å². The van der Waals surface area contributed by atoms with Crippen LogP contribution in [0.4, 0.5) is 10.1 Å². The third-order valence-corrected chi connectivity index (χ3v) is 7.45. The zero-order valence-corrected chi connectivity index (χ0v) is 22.6. The van der Waals surface area contributed by atoms with Gasteiger partial charge in [-0.3, -0.25) is 13.9 Å². The Hall–Kier alpha value is -2.94. The van der Waals surface area contributed by atoms with Crippen LogP contribution in [0.2, 0.25) is 0 Å². The van der Waals surface area contributed by atoms with Crippen LogP contribution in [0.15, 0.2) is 48.5 Å². The molecule has 0 aromatic heterocycles. The number of halogens is 1. The molecular weight excluding hydrogens is 481 g/mol. The van der Waals surface area contributed by atoms with Gasteiger partial charge in [0.25, 0.3) is 0 Å². The predicted octanol–water partition coefficient (Wildman–Crippen LogP) is 4.40. The van der Waals surface area contributed by atoms with Crippen molar-refractivity contribution in [3.8, 4) is 0 Å². The third-order valence-electron chi connectivity index (χ3n) is 6.26. The normalized spacial score (nSPS) is 13.1. The monoisotopic (exact) mass is 519 g/mol. The molecule has 0 aliphatic heterocycles. The molecule has 2 rings (SSSR count). The van der Waals surface area contributed by atoms with E-state index in [0.29, 0.717) is 12.1 Å². The molecule has 9 heteroatoms. The Morgan fingerprint density at radius 2 is 1.67 bits per heavy atom. The SMILES string of the molecule is CC[C@@H](C)NC(=O)[C@H](CC)N(Cc1ccccc1C)C(=O)CCCN(c1ccc(F)cc1)S(C)(=O)=O. The van der Waals surface area contributed by atoms with Crippen molar-refractivity contribution < 1.29 is 22.4 Å². The number of amides is 2. The Kier molecular flexibility index (Phi) is 10.9. The van der Waals surface area contributed by atoms with Crippen LogP contribution in [0.1, 0.15) is 57.6 Å². The summed E-state index contributed by atoms with van der Waals surface area (Å²) in [6.07, 6.45) is 2.61. The van der Waals surface area contributed by atoms with Crippen LogP contribution >= 0.6 is 0 Å². The van der Waals surface area contributed by atoms with E-state index in [1.807, 2.05) is 52.0 Å². The quantitative estimate of drug-likeness (QED) is 0.425. The number of carbonyl (C=O) groups is 2. The van der Waals surface area contributed by atoms with Gasteiger partial charge in [-0.1, -0.05) is 38.1 Å². The highest BCUT2D eigenvalue weighted by molar-refractivity contribution is 7.92. The Bertz CT molecular complexity index is 1120. The summed E-state index contributed by atoms with van der Waals surface area (Å²) in [5, 5.41) is 2.99. The molecule has 0 heterocycles. The Balaban J connectivity index is 2.23. The van der Waals surface area contributed by atoms with Gasteiger partial charge in [0.1, 0.15) is 11.9 Å². The number of hydrogen-bond acceptors (Lipinski definition) is 4. The van der Waals surface area contributed by atoms with Crippen molar-refractivity contribution in [3.63, 3.8) is 0 Å². The zero-order chi connectivity index (χ0) is 26.9. The first-order chi connectivity index (χ1) is 17.0. The molecule has 1 N–H and O–H groups in total. The molecule has 0 radical (unpaired) electrons. The molecule has 0 fully saturated rings. The molecule has 0 bridgehead atoms. The number of rotatable bonds is 13. The van der Waals surface area contributed by atoms with Gasteiger partial charge in [-0.15, -0.1) is 0 Å². The molecule has 2 aromatic carbocycles. The topological polar surface area (TPSA) is 86.8 Å². The van der Waals surface area contributed by atoms with Crippen molar-refractivity contribution in [1.82, 2.24) is 10.2 Å². The van der Waals surface area contributed by atoms with E-state index in [9.17, 15) is 22.4 Å². The maximum Gasteiger partial charge on any atom is 0.243 e. The summed E-state index contributed by atoms with van der Waals surface area (Å²) in [6.45, 7) is 8.09. The summed E-state index contributed by atoms with van der Waals surface area (Å²) in [5.41, 5.74) is 2.30. The average Bonchev–Trinajstić information content (AvgIpc) is 2.82. The van der Waals surface area contributed by atoms with E-state index in [1.165, 1.54) is 28.6 Å². The summed E-state index contributed by atoms with van der Waals surface area (Å²) >= 11 is 0. The first kappa shape index (κ1) is 29.3. The predicted molar refractivity (Wildman–Crippen MR) is 142 cm³/mol. The zero-order valence-electron chi connectivity index (χ0n) is 21.8. The van der Waals surface area contributed by atoms with E-state index in [4.69, 9.17) is 0 Å². The van der Waals surface area contributed by atoms with Crippen LogP contribution in [0.25, 0.3) is 0 Å². The molecule has 0 unspecified atom stereocenters.